The smallest absolute Gasteiger partial charge is 0.331 e. The molecule has 0 aromatic heterocycles. The van der Waals surface area contributed by atoms with Crippen LogP contribution in [0, 0.1) is 5.82 Å². The fourth-order valence-corrected chi connectivity index (χ4v) is 2.22. The number of benzene rings is 2. The van der Waals surface area contributed by atoms with Crippen LogP contribution in [0.5, 0.6) is 5.75 Å². The van der Waals surface area contributed by atoms with Crippen molar-refractivity contribution in [3.8, 4) is 5.75 Å². The van der Waals surface area contributed by atoms with Gasteiger partial charge in [-0.1, -0.05) is 29.8 Å². The van der Waals surface area contributed by atoms with Gasteiger partial charge in [0, 0.05) is 6.08 Å². The number of carbonyl (C=O) groups is 2. The minimum Gasteiger partial charge on any atom is -0.495 e. The van der Waals surface area contributed by atoms with Crippen molar-refractivity contribution in [1.29, 1.82) is 0 Å². The van der Waals surface area contributed by atoms with Gasteiger partial charge in [-0.3, -0.25) is 4.79 Å². The number of methoxy groups -OCH3 is 1. The summed E-state index contributed by atoms with van der Waals surface area (Å²) in [5.74, 6) is -1.27. The molecule has 0 radical (unpaired) electrons. The molecule has 1 amide bonds. The molecule has 0 spiro atoms. The van der Waals surface area contributed by atoms with Crippen LogP contribution in [0.15, 0.2) is 48.5 Å². The Bertz CT molecular complexity index is 838. The molecule has 2 aromatic carbocycles. The highest BCUT2D eigenvalue weighted by Gasteiger charge is 2.18. The van der Waals surface area contributed by atoms with E-state index in [2.05, 4.69) is 5.32 Å². The molecule has 0 unspecified atom stereocenters. The Kier molecular flexibility index (Phi) is 6.74. The van der Waals surface area contributed by atoms with Gasteiger partial charge in [-0.25, -0.2) is 9.18 Å². The second-order valence-corrected chi connectivity index (χ2v) is 5.68. The van der Waals surface area contributed by atoms with Gasteiger partial charge in [0.05, 0.1) is 17.8 Å². The molecule has 136 valence electrons. The largest absolute Gasteiger partial charge is 0.495 e. The molecule has 0 saturated carbocycles. The van der Waals surface area contributed by atoms with E-state index in [0.29, 0.717) is 17.0 Å². The van der Waals surface area contributed by atoms with E-state index in [9.17, 15) is 14.0 Å². The maximum atomic E-state index is 13.1. The van der Waals surface area contributed by atoms with E-state index in [1.807, 2.05) is 0 Å². The first-order valence-corrected chi connectivity index (χ1v) is 8.06. The summed E-state index contributed by atoms with van der Waals surface area (Å²) in [6.07, 6.45) is 1.53. The summed E-state index contributed by atoms with van der Waals surface area (Å²) >= 11 is 5.67. The van der Waals surface area contributed by atoms with Crippen molar-refractivity contribution in [2.75, 3.05) is 12.4 Å². The highest BCUT2D eigenvalue weighted by molar-refractivity contribution is 6.30. The average Bonchev–Trinajstić information content (AvgIpc) is 2.63. The van der Waals surface area contributed by atoms with E-state index in [1.165, 1.54) is 38.3 Å². The van der Waals surface area contributed by atoms with Crippen molar-refractivity contribution in [2.45, 2.75) is 13.0 Å². The number of halogens is 2. The third-order valence-electron chi connectivity index (χ3n) is 3.38. The fourth-order valence-electron chi connectivity index (χ4n) is 2.03. The van der Waals surface area contributed by atoms with E-state index < -0.39 is 23.8 Å². The van der Waals surface area contributed by atoms with Crippen LogP contribution in [0.1, 0.15) is 12.5 Å². The molecule has 0 heterocycles. The Hall–Kier alpha value is -2.86. The lowest BCUT2D eigenvalue weighted by atomic mass is 10.2. The average molecular weight is 378 g/mol. The number of hydrogen-bond acceptors (Lipinski definition) is 4. The van der Waals surface area contributed by atoms with Gasteiger partial charge in [0.1, 0.15) is 11.6 Å². The number of esters is 1. The normalized spacial score (nSPS) is 11.8. The van der Waals surface area contributed by atoms with Crippen LogP contribution in [0.3, 0.4) is 0 Å². The summed E-state index contributed by atoms with van der Waals surface area (Å²) in [4.78, 5) is 24.0. The Labute approximate surface area is 155 Å². The van der Waals surface area contributed by atoms with Crippen molar-refractivity contribution in [3.63, 3.8) is 0 Å². The molecule has 26 heavy (non-hydrogen) atoms. The summed E-state index contributed by atoms with van der Waals surface area (Å²) in [7, 11) is 1.49. The van der Waals surface area contributed by atoms with Gasteiger partial charge in [0.15, 0.2) is 6.10 Å². The van der Waals surface area contributed by atoms with Crippen molar-refractivity contribution in [1.82, 2.24) is 0 Å². The van der Waals surface area contributed by atoms with E-state index in [4.69, 9.17) is 21.1 Å². The standard InChI is InChI=1S/C19H17ClFNO4/c1-12(19(24)22-16-5-3-4-6-17(16)25-2)26-18(23)10-8-13-7-9-15(21)14(20)11-13/h3-12H,1-2H3,(H,22,24)/b10-8+/t12-/m0/s1. The van der Waals surface area contributed by atoms with Gasteiger partial charge in [0.25, 0.3) is 5.91 Å². The molecule has 0 fully saturated rings. The third kappa shape index (κ3) is 5.32. The lowest BCUT2D eigenvalue weighted by molar-refractivity contribution is -0.148. The molecule has 0 bridgehead atoms. The quantitative estimate of drug-likeness (QED) is 0.608. The second kappa shape index (κ2) is 9.01. The number of para-hydroxylation sites is 2. The molecule has 0 aliphatic rings. The number of rotatable bonds is 6. The third-order valence-corrected chi connectivity index (χ3v) is 3.67. The number of nitrogens with one attached hydrogen (secondary N) is 1. The van der Waals surface area contributed by atoms with Crippen LogP contribution in [-0.2, 0) is 14.3 Å². The number of amides is 1. The molecule has 1 N–H and O–H groups in total. The van der Waals surface area contributed by atoms with E-state index >= 15 is 0 Å². The van der Waals surface area contributed by atoms with Gasteiger partial charge in [-0.2, -0.15) is 0 Å². The minimum absolute atomic E-state index is 0.0509. The van der Waals surface area contributed by atoms with Crippen LogP contribution < -0.4 is 10.1 Å². The maximum absolute atomic E-state index is 13.1. The van der Waals surface area contributed by atoms with Crippen molar-refractivity contribution in [2.24, 2.45) is 0 Å². The molecule has 5 nitrogen and oxygen atoms in total. The highest BCUT2D eigenvalue weighted by atomic mass is 35.5. The molecule has 2 rings (SSSR count). The zero-order chi connectivity index (χ0) is 19.1. The monoisotopic (exact) mass is 377 g/mol. The number of ether oxygens (including phenoxy) is 2. The van der Waals surface area contributed by atoms with Crippen LogP contribution in [0.4, 0.5) is 10.1 Å². The Morgan fingerprint density at radius 1 is 1.23 bits per heavy atom. The number of anilines is 1. The fraction of sp³-hybridized carbons (Fsp3) is 0.158. The predicted molar refractivity (Wildman–Crippen MR) is 97.6 cm³/mol. The minimum atomic E-state index is -1.02. The summed E-state index contributed by atoms with van der Waals surface area (Å²) < 4.78 is 23.3. The van der Waals surface area contributed by atoms with Crippen molar-refractivity contribution >= 4 is 35.2 Å². The summed E-state index contributed by atoms with van der Waals surface area (Å²) in [5.41, 5.74) is 0.999. The summed E-state index contributed by atoms with van der Waals surface area (Å²) in [6.45, 7) is 1.45. The first kappa shape index (κ1) is 19.5. The zero-order valence-electron chi connectivity index (χ0n) is 14.2. The Morgan fingerprint density at radius 3 is 2.65 bits per heavy atom. The molecule has 7 heteroatoms. The first-order chi connectivity index (χ1) is 12.4. The lowest BCUT2D eigenvalue weighted by Gasteiger charge is -2.14. The number of hydrogen-bond donors (Lipinski definition) is 1. The van der Waals surface area contributed by atoms with E-state index in [1.54, 1.807) is 24.3 Å². The highest BCUT2D eigenvalue weighted by Crippen LogP contribution is 2.23. The van der Waals surface area contributed by atoms with Gasteiger partial charge in [-0.05, 0) is 42.8 Å². The Morgan fingerprint density at radius 2 is 1.96 bits per heavy atom. The lowest BCUT2D eigenvalue weighted by Crippen LogP contribution is -2.29. The molecule has 1 atom stereocenters. The van der Waals surface area contributed by atoms with Gasteiger partial charge < -0.3 is 14.8 Å². The maximum Gasteiger partial charge on any atom is 0.331 e. The zero-order valence-corrected chi connectivity index (χ0v) is 14.9. The van der Waals surface area contributed by atoms with E-state index in [0.717, 1.165) is 6.08 Å². The van der Waals surface area contributed by atoms with Gasteiger partial charge in [0.2, 0.25) is 0 Å². The molecule has 0 aliphatic heterocycles. The van der Waals surface area contributed by atoms with Crippen LogP contribution in [0.25, 0.3) is 6.08 Å². The SMILES string of the molecule is COc1ccccc1NC(=O)[C@H](C)OC(=O)/C=C/c1ccc(F)c(Cl)c1. The Balaban J connectivity index is 1.94. The predicted octanol–water partition coefficient (Wildman–Crippen LogP) is 4.07. The molecule has 2 aromatic rings. The topological polar surface area (TPSA) is 64.6 Å². The number of carbonyl (C=O) groups excluding carboxylic acids is 2. The van der Waals surface area contributed by atoms with Crippen molar-refractivity contribution < 1.29 is 23.5 Å². The second-order valence-electron chi connectivity index (χ2n) is 5.28. The van der Waals surface area contributed by atoms with Crippen LogP contribution in [-0.4, -0.2) is 25.1 Å². The summed E-state index contributed by atoms with van der Waals surface area (Å²) in [5, 5.41) is 2.58. The summed E-state index contributed by atoms with van der Waals surface area (Å²) in [6, 6.07) is 10.9. The first-order valence-electron chi connectivity index (χ1n) is 7.68. The molecular weight excluding hydrogens is 361 g/mol. The molecule has 0 aliphatic carbocycles. The van der Waals surface area contributed by atoms with Crippen LogP contribution >= 0.6 is 11.6 Å². The molecule has 0 saturated heterocycles. The van der Waals surface area contributed by atoms with Crippen molar-refractivity contribution in [3.05, 3.63) is 64.9 Å². The molecular formula is C19H17ClFNO4. The van der Waals surface area contributed by atoms with Gasteiger partial charge in [-0.15, -0.1) is 0 Å². The van der Waals surface area contributed by atoms with Crippen LogP contribution in [0.2, 0.25) is 5.02 Å². The van der Waals surface area contributed by atoms with E-state index in [-0.39, 0.29) is 5.02 Å². The van der Waals surface area contributed by atoms with Gasteiger partial charge >= 0.3 is 5.97 Å².